The van der Waals surface area contributed by atoms with E-state index in [1.165, 1.54) is 25.3 Å². The Kier molecular flexibility index (Phi) is 5.03. The summed E-state index contributed by atoms with van der Waals surface area (Å²) in [6.45, 7) is 3.91. The molecule has 0 spiro atoms. The lowest BCUT2D eigenvalue weighted by Crippen LogP contribution is -2.36. The van der Waals surface area contributed by atoms with E-state index in [2.05, 4.69) is 5.32 Å². The van der Waals surface area contributed by atoms with Crippen molar-refractivity contribution >= 4 is 16.9 Å². The molecule has 1 aromatic heterocycles. The fourth-order valence-corrected chi connectivity index (χ4v) is 4.05. The van der Waals surface area contributed by atoms with Crippen LogP contribution >= 0.6 is 0 Å². The molecule has 0 atom stereocenters. The highest BCUT2D eigenvalue weighted by atomic mass is 16.3. The standard InChI is InChI=1S/C24H25NO3/c1-15-12-16(2)23-20(13-15)21(26)14-22(28-23)17-8-10-18(11-9-17)24(27)25-19-6-4-3-5-7-19/h8-14,19H,3-7H2,1-2H3,(H,25,27). The van der Waals surface area contributed by atoms with Gasteiger partial charge in [0.25, 0.3) is 5.91 Å². The smallest absolute Gasteiger partial charge is 0.251 e. The topological polar surface area (TPSA) is 59.3 Å². The van der Waals surface area contributed by atoms with E-state index in [9.17, 15) is 9.59 Å². The molecule has 0 aliphatic heterocycles. The first-order chi connectivity index (χ1) is 13.5. The average Bonchev–Trinajstić information content (AvgIpc) is 2.69. The van der Waals surface area contributed by atoms with Gasteiger partial charge in [0, 0.05) is 23.2 Å². The number of fused-ring (bicyclic) bond motifs is 1. The lowest BCUT2D eigenvalue weighted by molar-refractivity contribution is 0.0927. The highest BCUT2D eigenvalue weighted by Gasteiger charge is 2.17. The Morgan fingerprint density at radius 2 is 1.71 bits per heavy atom. The van der Waals surface area contributed by atoms with Crippen molar-refractivity contribution in [3.63, 3.8) is 0 Å². The summed E-state index contributed by atoms with van der Waals surface area (Å²) in [5.41, 5.74) is 3.96. The van der Waals surface area contributed by atoms with E-state index in [4.69, 9.17) is 4.42 Å². The maximum absolute atomic E-state index is 12.5. The minimum absolute atomic E-state index is 0.0373. The predicted molar refractivity (Wildman–Crippen MR) is 112 cm³/mol. The molecular weight excluding hydrogens is 350 g/mol. The van der Waals surface area contributed by atoms with Crippen LogP contribution in [0.1, 0.15) is 53.6 Å². The maximum Gasteiger partial charge on any atom is 0.251 e. The van der Waals surface area contributed by atoms with Crippen molar-refractivity contribution in [1.82, 2.24) is 5.32 Å². The Hall–Kier alpha value is -2.88. The third-order valence-electron chi connectivity index (χ3n) is 5.53. The summed E-state index contributed by atoms with van der Waals surface area (Å²) >= 11 is 0. The number of hydrogen-bond donors (Lipinski definition) is 1. The van der Waals surface area contributed by atoms with Crippen molar-refractivity contribution in [1.29, 1.82) is 0 Å². The number of carbonyl (C=O) groups excluding carboxylic acids is 1. The van der Waals surface area contributed by atoms with Gasteiger partial charge in [0.15, 0.2) is 5.43 Å². The summed E-state index contributed by atoms with van der Waals surface area (Å²) in [5, 5.41) is 3.73. The van der Waals surface area contributed by atoms with Crippen LogP contribution in [0, 0.1) is 13.8 Å². The van der Waals surface area contributed by atoms with Gasteiger partial charge in [0.2, 0.25) is 0 Å². The van der Waals surface area contributed by atoms with E-state index in [0.717, 1.165) is 29.5 Å². The SMILES string of the molecule is Cc1cc(C)c2oc(-c3ccc(C(=O)NC4CCCCC4)cc3)cc(=O)c2c1. The van der Waals surface area contributed by atoms with Crippen molar-refractivity contribution < 1.29 is 9.21 Å². The van der Waals surface area contributed by atoms with E-state index in [1.54, 1.807) is 12.1 Å². The molecule has 1 amide bonds. The molecule has 4 rings (SSSR count). The van der Waals surface area contributed by atoms with Crippen LogP contribution in [0.4, 0.5) is 0 Å². The van der Waals surface area contributed by atoms with Crippen molar-refractivity contribution in [3.8, 4) is 11.3 Å². The second kappa shape index (κ2) is 7.63. The predicted octanol–water partition coefficient (Wildman–Crippen LogP) is 5.14. The first kappa shape index (κ1) is 18.5. The second-order valence-electron chi connectivity index (χ2n) is 7.82. The molecular formula is C24H25NO3. The van der Waals surface area contributed by atoms with Crippen molar-refractivity contribution in [2.45, 2.75) is 52.0 Å². The maximum atomic E-state index is 12.5. The molecule has 1 fully saturated rings. The van der Waals surface area contributed by atoms with Gasteiger partial charge in [-0.1, -0.05) is 37.5 Å². The van der Waals surface area contributed by atoms with Crippen molar-refractivity contribution in [2.24, 2.45) is 0 Å². The molecule has 1 saturated carbocycles. The zero-order valence-electron chi connectivity index (χ0n) is 16.4. The van der Waals surface area contributed by atoms with Gasteiger partial charge in [-0.3, -0.25) is 9.59 Å². The Morgan fingerprint density at radius 1 is 1.00 bits per heavy atom. The summed E-state index contributed by atoms with van der Waals surface area (Å²) in [6, 6.07) is 12.9. The highest BCUT2D eigenvalue weighted by Crippen LogP contribution is 2.25. The van der Waals surface area contributed by atoms with Crippen LogP contribution in [0.5, 0.6) is 0 Å². The fraction of sp³-hybridized carbons (Fsp3) is 0.333. The molecule has 1 N–H and O–H groups in total. The van der Waals surface area contributed by atoms with Gasteiger partial charge >= 0.3 is 0 Å². The normalized spacial score (nSPS) is 14.9. The van der Waals surface area contributed by atoms with Crippen molar-refractivity contribution in [2.75, 3.05) is 0 Å². The zero-order valence-corrected chi connectivity index (χ0v) is 16.4. The summed E-state index contributed by atoms with van der Waals surface area (Å²) in [4.78, 5) is 25.0. The number of amides is 1. The third kappa shape index (κ3) is 3.72. The van der Waals surface area contributed by atoms with Gasteiger partial charge in [0.05, 0.1) is 5.39 Å². The number of aryl methyl sites for hydroxylation is 2. The van der Waals surface area contributed by atoms with Crippen LogP contribution in [0.25, 0.3) is 22.3 Å². The average molecular weight is 375 g/mol. The first-order valence-electron chi connectivity index (χ1n) is 9.98. The van der Waals surface area contributed by atoms with E-state index in [1.807, 2.05) is 38.1 Å². The lowest BCUT2D eigenvalue weighted by Gasteiger charge is -2.22. The van der Waals surface area contributed by atoms with E-state index >= 15 is 0 Å². The van der Waals surface area contributed by atoms with E-state index in [-0.39, 0.29) is 17.4 Å². The Bertz CT molecular complexity index is 1070. The minimum Gasteiger partial charge on any atom is -0.456 e. The van der Waals surface area contributed by atoms with Gasteiger partial charge in [-0.15, -0.1) is 0 Å². The van der Waals surface area contributed by atoms with E-state index < -0.39 is 0 Å². The number of carbonyl (C=O) groups is 1. The number of nitrogens with one attached hydrogen (secondary N) is 1. The van der Waals surface area contributed by atoms with Gasteiger partial charge in [-0.25, -0.2) is 0 Å². The molecule has 1 heterocycles. The van der Waals surface area contributed by atoms with E-state index in [0.29, 0.717) is 22.3 Å². The molecule has 1 aliphatic carbocycles. The Morgan fingerprint density at radius 3 is 2.43 bits per heavy atom. The molecule has 2 aromatic carbocycles. The zero-order chi connectivity index (χ0) is 19.7. The van der Waals surface area contributed by atoms with Crippen LogP contribution in [0.15, 0.2) is 51.7 Å². The molecule has 0 bridgehead atoms. The monoisotopic (exact) mass is 375 g/mol. The van der Waals surface area contributed by atoms with Gasteiger partial charge in [-0.2, -0.15) is 0 Å². The summed E-state index contributed by atoms with van der Waals surface area (Å²) < 4.78 is 6.04. The Balaban J connectivity index is 1.60. The molecule has 0 saturated heterocycles. The first-order valence-corrected chi connectivity index (χ1v) is 9.98. The van der Waals surface area contributed by atoms with Crippen LogP contribution in [0.3, 0.4) is 0 Å². The third-order valence-corrected chi connectivity index (χ3v) is 5.53. The Labute approximate surface area is 164 Å². The largest absolute Gasteiger partial charge is 0.456 e. The molecule has 144 valence electrons. The fourth-order valence-electron chi connectivity index (χ4n) is 4.05. The quantitative estimate of drug-likeness (QED) is 0.689. The molecule has 1 aliphatic rings. The summed E-state index contributed by atoms with van der Waals surface area (Å²) in [7, 11) is 0. The van der Waals surface area contributed by atoms with Crippen LogP contribution in [0.2, 0.25) is 0 Å². The molecule has 0 radical (unpaired) electrons. The molecule has 4 nitrogen and oxygen atoms in total. The van der Waals surface area contributed by atoms with Crippen LogP contribution in [-0.4, -0.2) is 11.9 Å². The van der Waals surface area contributed by atoms with Crippen LogP contribution < -0.4 is 10.7 Å². The molecule has 4 heteroatoms. The molecule has 0 unspecified atom stereocenters. The second-order valence-corrected chi connectivity index (χ2v) is 7.82. The summed E-state index contributed by atoms with van der Waals surface area (Å²) in [5.74, 6) is 0.480. The number of hydrogen-bond acceptors (Lipinski definition) is 3. The number of rotatable bonds is 3. The lowest BCUT2D eigenvalue weighted by atomic mass is 9.95. The van der Waals surface area contributed by atoms with Gasteiger partial charge in [0.1, 0.15) is 11.3 Å². The molecule has 3 aromatic rings. The van der Waals surface area contributed by atoms with Crippen molar-refractivity contribution in [3.05, 3.63) is 69.4 Å². The molecule has 28 heavy (non-hydrogen) atoms. The number of benzene rings is 2. The summed E-state index contributed by atoms with van der Waals surface area (Å²) in [6.07, 6.45) is 5.75. The minimum atomic E-state index is -0.0535. The highest BCUT2D eigenvalue weighted by molar-refractivity contribution is 5.94. The van der Waals surface area contributed by atoms with Gasteiger partial charge in [-0.05, 0) is 56.0 Å². The van der Waals surface area contributed by atoms with Crippen LogP contribution in [-0.2, 0) is 0 Å². The van der Waals surface area contributed by atoms with Gasteiger partial charge < -0.3 is 9.73 Å².